The van der Waals surface area contributed by atoms with Crippen LogP contribution in [0.15, 0.2) is 59.7 Å². The third kappa shape index (κ3) is 5.88. The average Bonchev–Trinajstić information content (AvgIpc) is 3.41. The number of hydrogen-bond donors (Lipinski definition) is 1. The molecule has 0 aliphatic carbocycles. The number of pyridine rings is 2. The first-order valence-electron chi connectivity index (χ1n) is 13.2. The zero-order chi connectivity index (χ0) is 29.4. The Balaban J connectivity index is 1.19. The van der Waals surface area contributed by atoms with Crippen molar-refractivity contribution < 1.29 is 18.7 Å². The van der Waals surface area contributed by atoms with Crippen LogP contribution in [0.5, 0.6) is 11.5 Å². The minimum atomic E-state index is -0.555. The number of nitrogens with zero attached hydrogens (tertiary/aromatic N) is 8. The first-order chi connectivity index (χ1) is 20.1. The van der Waals surface area contributed by atoms with Crippen LogP contribution in [0, 0.1) is 5.82 Å². The Kier molecular flexibility index (Phi) is 7.22. The summed E-state index contributed by atoms with van der Waals surface area (Å²) in [6.07, 6.45) is 4.22. The Bertz CT molecular complexity index is 1780. The highest BCUT2D eigenvalue weighted by Gasteiger charge is 2.27. The molecule has 1 aliphatic heterocycles. The number of rotatable bonds is 5. The number of carbonyl (C=O) groups is 1. The van der Waals surface area contributed by atoms with Gasteiger partial charge in [-0.15, -0.1) is 0 Å². The van der Waals surface area contributed by atoms with Crippen LogP contribution in [-0.2, 0) is 4.74 Å². The fraction of sp³-hybridized carbons (Fsp3) is 0.286. The van der Waals surface area contributed by atoms with Gasteiger partial charge in [-0.2, -0.15) is 5.10 Å². The van der Waals surface area contributed by atoms with E-state index in [1.165, 1.54) is 18.7 Å². The maximum Gasteiger partial charge on any atom is 0.410 e. The molecule has 216 valence electrons. The minimum Gasteiger partial charge on any atom is -0.457 e. The number of nitrogens with one attached hydrogen (secondary N) is 1. The van der Waals surface area contributed by atoms with Crippen LogP contribution < -0.4 is 15.0 Å². The summed E-state index contributed by atoms with van der Waals surface area (Å²) in [7, 11) is 0. The van der Waals surface area contributed by atoms with Crippen LogP contribution in [0.3, 0.4) is 0 Å². The fourth-order valence-electron chi connectivity index (χ4n) is 4.48. The van der Waals surface area contributed by atoms with Gasteiger partial charge < -0.3 is 24.6 Å². The molecule has 4 aromatic heterocycles. The molecule has 1 amide bonds. The first kappa shape index (κ1) is 27.6. The SMILES string of the molecule is CC(C)(C)OC(=O)N1CCN(c2nc3c(Nc4ccc(Oc5ccn6ncnc6c5)cc4F)ncnc3cc2Br)CC1. The number of benzene rings is 1. The van der Waals surface area contributed by atoms with Crippen molar-refractivity contribution in [1.82, 2.24) is 34.4 Å². The lowest BCUT2D eigenvalue weighted by Crippen LogP contribution is -2.50. The Morgan fingerprint density at radius 3 is 2.55 bits per heavy atom. The minimum absolute atomic E-state index is 0.201. The number of aromatic nitrogens is 6. The highest BCUT2D eigenvalue weighted by atomic mass is 79.9. The van der Waals surface area contributed by atoms with Gasteiger partial charge in [0, 0.05) is 44.5 Å². The molecule has 0 bridgehead atoms. The lowest BCUT2D eigenvalue weighted by Gasteiger charge is -2.36. The molecular formula is C28H27BrFN9O3. The number of amides is 1. The predicted molar refractivity (Wildman–Crippen MR) is 158 cm³/mol. The van der Waals surface area contributed by atoms with Gasteiger partial charge in [-0.05, 0) is 61.0 Å². The fourth-order valence-corrected chi connectivity index (χ4v) is 5.03. The standard InChI is InChI=1S/C28H27BrFN9O3/c1-28(2,3)42-27(40)38-10-8-37(9-11-38)26-19(29)14-22-24(36-26)25(33-15-31-22)35-21-5-4-17(12-20(21)30)41-18-6-7-39-23(13-18)32-16-34-39/h4-7,12-16H,8-11H2,1-3H3,(H,31,33,35). The Labute approximate surface area is 248 Å². The van der Waals surface area contributed by atoms with E-state index in [1.54, 1.807) is 39.9 Å². The third-order valence-electron chi connectivity index (χ3n) is 6.46. The Morgan fingerprint density at radius 2 is 1.79 bits per heavy atom. The van der Waals surface area contributed by atoms with Gasteiger partial charge in [0.1, 0.15) is 46.9 Å². The average molecular weight is 636 g/mol. The molecule has 1 fully saturated rings. The number of carbonyl (C=O) groups excluding carboxylic acids is 1. The van der Waals surface area contributed by atoms with E-state index in [0.29, 0.717) is 66.0 Å². The molecule has 14 heteroatoms. The molecule has 6 rings (SSSR count). The van der Waals surface area contributed by atoms with E-state index in [1.807, 2.05) is 26.8 Å². The summed E-state index contributed by atoms with van der Waals surface area (Å²) in [5.74, 6) is 1.33. The monoisotopic (exact) mass is 635 g/mol. The zero-order valence-electron chi connectivity index (χ0n) is 23.1. The van der Waals surface area contributed by atoms with Crippen LogP contribution in [0.2, 0.25) is 0 Å². The lowest BCUT2D eigenvalue weighted by molar-refractivity contribution is 0.0240. The number of anilines is 3. The first-order valence-corrected chi connectivity index (χ1v) is 14.0. The van der Waals surface area contributed by atoms with Crippen molar-refractivity contribution in [2.75, 3.05) is 36.4 Å². The predicted octanol–water partition coefficient (Wildman–Crippen LogP) is 5.56. The molecule has 5 aromatic rings. The van der Waals surface area contributed by atoms with Crippen molar-refractivity contribution in [2.24, 2.45) is 0 Å². The van der Waals surface area contributed by atoms with Crippen molar-refractivity contribution in [3.05, 3.63) is 65.5 Å². The summed E-state index contributed by atoms with van der Waals surface area (Å²) in [6, 6.07) is 9.80. The second-order valence-corrected chi connectivity index (χ2v) is 11.5. The van der Waals surface area contributed by atoms with Gasteiger partial charge in [-0.25, -0.2) is 33.6 Å². The number of halogens is 2. The molecular weight excluding hydrogens is 609 g/mol. The van der Waals surface area contributed by atoms with E-state index >= 15 is 4.39 Å². The second-order valence-electron chi connectivity index (χ2n) is 10.6. The maximum absolute atomic E-state index is 15.2. The summed E-state index contributed by atoms with van der Waals surface area (Å²) in [4.78, 5) is 33.9. The van der Waals surface area contributed by atoms with E-state index < -0.39 is 11.4 Å². The van der Waals surface area contributed by atoms with Gasteiger partial charge in [0.05, 0.1) is 15.7 Å². The molecule has 42 heavy (non-hydrogen) atoms. The van der Waals surface area contributed by atoms with Crippen molar-refractivity contribution in [3.63, 3.8) is 0 Å². The van der Waals surface area contributed by atoms with Gasteiger partial charge in [0.2, 0.25) is 0 Å². The van der Waals surface area contributed by atoms with Crippen molar-refractivity contribution >= 4 is 56.0 Å². The van der Waals surface area contributed by atoms with Crippen molar-refractivity contribution in [2.45, 2.75) is 26.4 Å². The highest BCUT2D eigenvalue weighted by molar-refractivity contribution is 9.10. The number of ether oxygens (including phenoxy) is 2. The molecule has 12 nitrogen and oxygen atoms in total. The largest absolute Gasteiger partial charge is 0.457 e. The number of piperazine rings is 1. The van der Waals surface area contributed by atoms with Crippen LogP contribution >= 0.6 is 15.9 Å². The number of hydrogen-bond acceptors (Lipinski definition) is 10. The van der Waals surface area contributed by atoms with Gasteiger partial charge in [0.15, 0.2) is 11.5 Å². The Hall–Kier alpha value is -4.59. The molecule has 0 saturated carbocycles. The van der Waals surface area contributed by atoms with Gasteiger partial charge in [-0.3, -0.25) is 0 Å². The van der Waals surface area contributed by atoms with Gasteiger partial charge in [0.25, 0.3) is 0 Å². The molecule has 1 aromatic carbocycles. The Morgan fingerprint density at radius 1 is 1.00 bits per heavy atom. The van der Waals surface area contributed by atoms with Gasteiger partial charge >= 0.3 is 6.09 Å². The topological polar surface area (TPSA) is 123 Å². The molecule has 1 saturated heterocycles. The van der Waals surface area contributed by atoms with Crippen LogP contribution in [-0.4, -0.2) is 72.3 Å². The van der Waals surface area contributed by atoms with Gasteiger partial charge in [-0.1, -0.05) is 0 Å². The van der Waals surface area contributed by atoms with Crippen LogP contribution in [0.1, 0.15) is 20.8 Å². The summed E-state index contributed by atoms with van der Waals surface area (Å²) in [6.45, 7) is 7.65. The van der Waals surface area contributed by atoms with Crippen LogP contribution in [0.25, 0.3) is 16.7 Å². The number of fused-ring (bicyclic) bond motifs is 2. The molecule has 1 N–H and O–H groups in total. The van der Waals surface area contributed by atoms with E-state index in [9.17, 15) is 4.79 Å². The van der Waals surface area contributed by atoms with E-state index in [4.69, 9.17) is 14.5 Å². The highest BCUT2D eigenvalue weighted by Crippen LogP contribution is 2.33. The second kappa shape index (κ2) is 11.0. The lowest BCUT2D eigenvalue weighted by atomic mass is 10.2. The van der Waals surface area contributed by atoms with Crippen LogP contribution in [0.4, 0.5) is 26.5 Å². The molecule has 1 aliphatic rings. The van der Waals surface area contributed by atoms with Crippen molar-refractivity contribution in [1.29, 1.82) is 0 Å². The summed E-state index contributed by atoms with van der Waals surface area (Å²) < 4.78 is 28.9. The molecule has 0 atom stereocenters. The molecule has 0 radical (unpaired) electrons. The summed E-state index contributed by atoms with van der Waals surface area (Å²) >= 11 is 3.61. The normalized spacial score (nSPS) is 13.9. The smallest absolute Gasteiger partial charge is 0.410 e. The summed E-state index contributed by atoms with van der Waals surface area (Å²) in [5.41, 5.74) is 1.32. The van der Waals surface area contributed by atoms with E-state index in [0.717, 1.165) is 4.47 Å². The maximum atomic E-state index is 15.2. The van der Waals surface area contributed by atoms with Crippen molar-refractivity contribution in [3.8, 4) is 11.5 Å². The molecule has 0 spiro atoms. The molecule has 5 heterocycles. The van der Waals surface area contributed by atoms with E-state index in [-0.39, 0.29) is 11.8 Å². The van der Waals surface area contributed by atoms with E-state index in [2.05, 4.69) is 46.2 Å². The zero-order valence-corrected chi connectivity index (χ0v) is 24.7. The summed E-state index contributed by atoms with van der Waals surface area (Å²) in [5, 5.41) is 7.10. The molecule has 0 unspecified atom stereocenters. The third-order valence-corrected chi connectivity index (χ3v) is 7.04. The quantitative estimate of drug-likeness (QED) is 0.262.